The Kier molecular flexibility index (Phi) is 4.47. The third-order valence-corrected chi connectivity index (χ3v) is 6.22. The highest BCUT2D eigenvalue weighted by Gasteiger charge is 2.34. The van der Waals surface area contributed by atoms with Crippen molar-refractivity contribution in [3.63, 3.8) is 0 Å². The molecule has 0 aliphatic carbocycles. The van der Waals surface area contributed by atoms with Crippen molar-refractivity contribution in [1.29, 1.82) is 0 Å². The summed E-state index contributed by atoms with van der Waals surface area (Å²) in [5.74, 6) is 0.607. The molecule has 1 amide bonds. The van der Waals surface area contributed by atoms with Gasteiger partial charge in [0.25, 0.3) is 5.91 Å². The molecule has 2 N–H and O–H groups in total. The molecule has 0 spiro atoms. The van der Waals surface area contributed by atoms with Crippen molar-refractivity contribution in [1.82, 2.24) is 9.55 Å². The Morgan fingerprint density at radius 2 is 1.61 bits per heavy atom. The highest BCUT2D eigenvalue weighted by atomic mass is 16.1. The Hall–Kier alpha value is -4.38. The average molecular weight is 431 g/mol. The van der Waals surface area contributed by atoms with Crippen LogP contribution in [-0.4, -0.2) is 15.5 Å². The number of rotatable bonds is 3. The number of anilines is 2. The van der Waals surface area contributed by atoms with Crippen molar-refractivity contribution in [2.24, 2.45) is 0 Å². The van der Waals surface area contributed by atoms with Gasteiger partial charge in [-0.3, -0.25) is 9.36 Å². The van der Waals surface area contributed by atoms with Gasteiger partial charge in [0.05, 0.1) is 22.6 Å². The zero-order valence-corrected chi connectivity index (χ0v) is 18.1. The molecule has 160 valence electrons. The molecule has 0 bridgehead atoms. The number of allylic oxidation sites excluding steroid dienone is 1. The van der Waals surface area contributed by atoms with Gasteiger partial charge in [-0.05, 0) is 47.5 Å². The van der Waals surface area contributed by atoms with Crippen LogP contribution in [0.1, 0.15) is 18.5 Å². The van der Waals surface area contributed by atoms with Crippen LogP contribution < -0.4 is 10.6 Å². The summed E-state index contributed by atoms with van der Waals surface area (Å²) in [5.41, 5.74) is 5.17. The minimum Gasteiger partial charge on any atom is -0.329 e. The van der Waals surface area contributed by atoms with E-state index in [2.05, 4.69) is 51.6 Å². The Bertz CT molecular complexity index is 1540. The van der Waals surface area contributed by atoms with Crippen LogP contribution in [0, 0.1) is 0 Å². The van der Waals surface area contributed by atoms with Crippen molar-refractivity contribution in [3.05, 3.63) is 114 Å². The molecule has 0 saturated heterocycles. The van der Waals surface area contributed by atoms with Crippen molar-refractivity contribution in [3.8, 4) is 0 Å². The molecule has 0 saturated carbocycles. The number of imidazole rings is 1. The summed E-state index contributed by atoms with van der Waals surface area (Å²) in [6, 6.07) is 31.9. The summed E-state index contributed by atoms with van der Waals surface area (Å²) in [7, 11) is 0. The molecule has 2 heterocycles. The normalized spacial score (nSPS) is 15.4. The maximum atomic E-state index is 13.7. The van der Waals surface area contributed by atoms with Gasteiger partial charge < -0.3 is 10.6 Å². The summed E-state index contributed by atoms with van der Waals surface area (Å²) < 4.78 is 2.14. The Morgan fingerprint density at radius 1 is 0.879 bits per heavy atom. The third-order valence-electron chi connectivity index (χ3n) is 6.22. The number of benzene rings is 4. The lowest BCUT2D eigenvalue weighted by Gasteiger charge is -2.31. The van der Waals surface area contributed by atoms with E-state index in [1.165, 1.54) is 0 Å². The largest absolute Gasteiger partial charge is 0.329 e. The lowest BCUT2D eigenvalue weighted by molar-refractivity contribution is -0.113. The number of nitrogens with one attached hydrogen (secondary N) is 2. The molecule has 1 aromatic heterocycles. The fourth-order valence-electron chi connectivity index (χ4n) is 4.76. The highest BCUT2D eigenvalue weighted by Crippen LogP contribution is 2.41. The summed E-state index contributed by atoms with van der Waals surface area (Å²) >= 11 is 0. The van der Waals surface area contributed by atoms with Gasteiger partial charge in [-0.15, -0.1) is 0 Å². The number of nitrogens with zero attached hydrogens (tertiary/aromatic N) is 2. The number of carbonyl (C=O) groups excluding carboxylic acids is 1. The summed E-state index contributed by atoms with van der Waals surface area (Å²) in [6.45, 7) is 1.95. The third kappa shape index (κ3) is 3.17. The van der Waals surface area contributed by atoms with Crippen molar-refractivity contribution in [2.45, 2.75) is 13.0 Å². The lowest BCUT2D eigenvalue weighted by atomic mass is 9.90. The molecule has 4 aromatic carbocycles. The fraction of sp³-hybridized carbons (Fsp3) is 0.0714. The molecule has 1 unspecified atom stereocenters. The topological polar surface area (TPSA) is 59.0 Å². The molecule has 5 aromatic rings. The van der Waals surface area contributed by atoms with E-state index in [-0.39, 0.29) is 11.9 Å². The fourth-order valence-corrected chi connectivity index (χ4v) is 4.76. The SMILES string of the molecule is CC1=C(C(=O)Nc2ccccc2)C(c2cccc3ccccc23)n2c(nc3ccccc32)N1. The van der Waals surface area contributed by atoms with E-state index in [0.29, 0.717) is 5.57 Å². The van der Waals surface area contributed by atoms with Crippen LogP contribution in [0.4, 0.5) is 11.6 Å². The van der Waals surface area contributed by atoms with Gasteiger partial charge in [0.15, 0.2) is 0 Å². The van der Waals surface area contributed by atoms with E-state index in [0.717, 1.165) is 44.7 Å². The van der Waals surface area contributed by atoms with E-state index >= 15 is 0 Å². The predicted octanol–water partition coefficient (Wildman–Crippen LogP) is 6.12. The van der Waals surface area contributed by atoms with Gasteiger partial charge in [-0.25, -0.2) is 4.98 Å². The van der Waals surface area contributed by atoms with Crippen LogP contribution in [0.5, 0.6) is 0 Å². The molecule has 1 aliphatic heterocycles. The number of para-hydroxylation sites is 3. The average Bonchev–Trinajstić information content (AvgIpc) is 3.21. The van der Waals surface area contributed by atoms with E-state index in [1.807, 2.05) is 67.6 Å². The van der Waals surface area contributed by atoms with Gasteiger partial charge in [0.2, 0.25) is 5.95 Å². The Labute approximate surface area is 191 Å². The second kappa shape index (κ2) is 7.64. The Balaban J connectivity index is 1.60. The maximum absolute atomic E-state index is 13.7. The van der Waals surface area contributed by atoms with Crippen LogP contribution in [0.2, 0.25) is 0 Å². The van der Waals surface area contributed by atoms with E-state index in [9.17, 15) is 4.79 Å². The van der Waals surface area contributed by atoms with Gasteiger partial charge in [-0.1, -0.05) is 72.8 Å². The van der Waals surface area contributed by atoms with Crippen molar-refractivity contribution < 1.29 is 4.79 Å². The Morgan fingerprint density at radius 3 is 2.48 bits per heavy atom. The zero-order valence-electron chi connectivity index (χ0n) is 18.1. The van der Waals surface area contributed by atoms with Crippen molar-refractivity contribution >= 4 is 39.3 Å². The summed E-state index contributed by atoms with van der Waals surface area (Å²) in [6.07, 6.45) is 0. The molecule has 5 nitrogen and oxygen atoms in total. The first kappa shape index (κ1) is 19.3. The second-order valence-electron chi connectivity index (χ2n) is 8.25. The van der Waals surface area contributed by atoms with Crippen LogP contribution in [0.3, 0.4) is 0 Å². The first-order chi connectivity index (χ1) is 16.2. The molecule has 0 radical (unpaired) electrons. The molecule has 6 rings (SSSR count). The predicted molar refractivity (Wildman–Crippen MR) is 133 cm³/mol. The first-order valence-corrected chi connectivity index (χ1v) is 11.0. The lowest BCUT2D eigenvalue weighted by Crippen LogP contribution is -2.31. The molecular weight excluding hydrogens is 408 g/mol. The van der Waals surface area contributed by atoms with E-state index < -0.39 is 0 Å². The minimum absolute atomic E-state index is 0.132. The smallest absolute Gasteiger partial charge is 0.255 e. The number of amides is 1. The quantitative estimate of drug-likeness (QED) is 0.363. The van der Waals surface area contributed by atoms with Gasteiger partial charge >= 0.3 is 0 Å². The number of aromatic nitrogens is 2. The number of carbonyl (C=O) groups is 1. The molecule has 33 heavy (non-hydrogen) atoms. The van der Waals surface area contributed by atoms with Gasteiger partial charge in [0, 0.05) is 11.4 Å². The molecule has 1 atom stereocenters. The molecule has 1 aliphatic rings. The van der Waals surface area contributed by atoms with E-state index in [4.69, 9.17) is 4.98 Å². The van der Waals surface area contributed by atoms with Crippen LogP contribution in [-0.2, 0) is 4.79 Å². The molecular formula is C28H22N4O. The van der Waals surface area contributed by atoms with Crippen LogP contribution in [0.25, 0.3) is 21.8 Å². The van der Waals surface area contributed by atoms with Crippen molar-refractivity contribution in [2.75, 3.05) is 10.6 Å². The minimum atomic E-state index is -0.330. The maximum Gasteiger partial charge on any atom is 0.255 e. The van der Waals surface area contributed by atoms with Gasteiger partial charge in [-0.2, -0.15) is 0 Å². The number of hydrogen-bond donors (Lipinski definition) is 2. The molecule has 5 heteroatoms. The van der Waals surface area contributed by atoms with Crippen LogP contribution >= 0.6 is 0 Å². The summed E-state index contributed by atoms with van der Waals surface area (Å²) in [4.78, 5) is 18.5. The summed E-state index contributed by atoms with van der Waals surface area (Å²) in [5, 5.41) is 8.73. The molecule has 0 fully saturated rings. The monoisotopic (exact) mass is 430 g/mol. The first-order valence-electron chi connectivity index (χ1n) is 11.0. The highest BCUT2D eigenvalue weighted by molar-refractivity contribution is 6.07. The number of hydrogen-bond acceptors (Lipinski definition) is 3. The standard InChI is InChI=1S/C28H22N4O/c1-18-25(27(33)30-20-12-3-2-4-13-20)26(22-15-9-11-19-10-5-6-14-21(19)22)32-24-17-8-7-16-23(24)31-28(32)29-18/h2-17,26H,1H3,(H,29,31)(H,30,33). The second-order valence-corrected chi connectivity index (χ2v) is 8.25. The zero-order chi connectivity index (χ0) is 22.4. The number of fused-ring (bicyclic) bond motifs is 4. The van der Waals surface area contributed by atoms with E-state index in [1.54, 1.807) is 0 Å². The van der Waals surface area contributed by atoms with Gasteiger partial charge in [0.1, 0.15) is 0 Å². The van der Waals surface area contributed by atoms with Crippen LogP contribution in [0.15, 0.2) is 108 Å².